The van der Waals surface area contributed by atoms with Gasteiger partial charge < -0.3 is 18.8 Å². The van der Waals surface area contributed by atoms with Crippen molar-refractivity contribution in [1.82, 2.24) is 9.88 Å². The van der Waals surface area contributed by atoms with Crippen LogP contribution in [0, 0.1) is 6.92 Å². The second-order valence-electron chi connectivity index (χ2n) is 5.35. The van der Waals surface area contributed by atoms with Crippen molar-refractivity contribution in [3.63, 3.8) is 0 Å². The van der Waals surface area contributed by atoms with E-state index in [-0.39, 0.29) is 11.9 Å². The van der Waals surface area contributed by atoms with E-state index in [2.05, 4.69) is 4.98 Å². The summed E-state index contributed by atoms with van der Waals surface area (Å²) in [7, 11) is 3.24. The summed E-state index contributed by atoms with van der Waals surface area (Å²) in [5.41, 5.74) is 1.30. The average molecular weight is 318 g/mol. The minimum absolute atomic E-state index is 0.102. The smallest absolute Gasteiger partial charge is 0.276 e. The second kappa shape index (κ2) is 7.78. The highest BCUT2D eigenvalue weighted by atomic mass is 16.5. The highest BCUT2D eigenvalue weighted by Crippen LogP contribution is 2.18. The van der Waals surface area contributed by atoms with Gasteiger partial charge >= 0.3 is 0 Å². The van der Waals surface area contributed by atoms with Crippen LogP contribution < -0.4 is 4.74 Å². The molecule has 6 heteroatoms. The predicted octanol–water partition coefficient (Wildman–Crippen LogP) is 2.67. The molecule has 2 aromatic rings. The summed E-state index contributed by atoms with van der Waals surface area (Å²) in [6.45, 7) is 4.54. The van der Waals surface area contributed by atoms with Crippen molar-refractivity contribution in [2.24, 2.45) is 0 Å². The quantitative estimate of drug-likeness (QED) is 0.785. The molecule has 6 nitrogen and oxygen atoms in total. The van der Waals surface area contributed by atoms with Gasteiger partial charge in [-0.25, -0.2) is 4.98 Å². The SMILES string of the molecule is COC[C@@H](C)N(Cc1cccc(OC)c1)C(=O)c1ncoc1C. The molecule has 23 heavy (non-hydrogen) atoms. The molecular formula is C17H22N2O4. The standard InChI is InChI=1S/C17H22N2O4/c1-12(10-21-3)19(17(20)16-13(2)23-11-18-16)9-14-6-5-7-15(8-14)22-4/h5-8,11-12H,9-10H2,1-4H3/t12-/m1/s1. The van der Waals surface area contributed by atoms with Gasteiger partial charge in [-0.1, -0.05) is 12.1 Å². The number of ether oxygens (including phenoxy) is 2. The van der Waals surface area contributed by atoms with Crippen LogP contribution in [0.3, 0.4) is 0 Å². The Morgan fingerprint density at radius 2 is 2.17 bits per heavy atom. The molecule has 1 aromatic carbocycles. The van der Waals surface area contributed by atoms with Gasteiger partial charge in [-0.2, -0.15) is 0 Å². The topological polar surface area (TPSA) is 64.8 Å². The van der Waals surface area contributed by atoms with Gasteiger partial charge in [0.1, 0.15) is 11.5 Å². The van der Waals surface area contributed by atoms with Crippen LogP contribution in [0.1, 0.15) is 28.7 Å². The highest BCUT2D eigenvalue weighted by molar-refractivity contribution is 5.93. The van der Waals surface area contributed by atoms with Gasteiger partial charge in [-0.3, -0.25) is 4.79 Å². The first-order valence-electron chi connectivity index (χ1n) is 7.39. The van der Waals surface area contributed by atoms with Crippen molar-refractivity contribution in [2.45, 2.75) is 26.4 Å². The number of aromatic nitrogens is 1. The Hall–Kier alpha value is -2.34. The monoisotopic (exact) mass is 318 g/mol. The fraction of sp³-hybridized carbons (Fsp3) is 0.412. The van der Waals surface area contributed by atoms with E-state index in [9.17, 15) is 4.79 Å². The summed E-state index contributed by atoms with van der Waals surface area (Å²) in [4.78, 5) is 18.6. The maximum Gasteiger partial charge on any atom is 0.276 e. The summed E-state index contributed by atoms with van der Waals surface area (Å²) < 4.78 is 15.6. The summed E-state index contributed by atoms with van der Waals surface area (Å²) in [6, 6.07) is 7.54. The first-order chi connectivity index (χ1) is 11.1. The number of rotatable bonds is 7. The zero-order valence-corrected chi connectivity index (χ0v) is 13.9. The molecule has 0 radical (unpaired) electrons. The largest absolute Gasteiger partial charge is 0.497 e. The number of methoxy groups -OCH3 is 2. The van der Waals surface area contributed by atoms with E-state index < -0.39 is 0 Å². The number of nitrogens with zero attached hydrogens (tertiary/aromatic N) is 2. The van der Waals surface area contributed by atoms with Gasteiger partial charge in [0.25, 0.3) is 5.91 Å². The third-order valence-corrected chi connectivity index (χ3v) is 3.64. The number of hydrogen-bond donors (Lipinski definition) is 0. The fourth-order valence-corrected chi connectivity index (χ4v) is 2.37. The van der Waals surface area contributed by atoms with Crippen molar-refractivity contribution in [2.75, 3.05) is 20.8 Å². The zero-order valence-electron chi connectivity index (χ0n) is 13.9. The average Bonchev–Trinajstić information content (AvgIpc) is 2.98. The van der Waals surface area contributed by atoms with E-state index in [1.807, 2.05) is 31.2 Å². The van der Waals surface area contributed by atoms with Gasteiger partial charge in [-0.05, 0) is 31.5 Å². The van der Waals surface area contributed by atoms with Crippen molar-refractivity contribution < 1.29 is 18.7 Å². The van der Waals surface area contributed by atoms with Crippen LogP contribution in [-0.4, -0.2) is 42.7 Å². The predicted molar refractivity (Wildman–Crippen MR) is 85.4 cm³/mol. The Kier molecular flexibility index (Phi) is 5.76. The Bertz CT molecular complexity index is 654. The van der Waals surface area contributed by atoms with E-state index in [0.29, 0.717) is 24.6 Å². The molecule has 0 N–H and O–H groups in total. The normalized spacial score (nSPS) is 12.0. The number of amides is 1. The number of benzene rings is 1. The zero-order chi connectivity index (χ0) is 16.8. The molecule has 0 spiro atoms. The lowest BCUT2D eigenvalue weighted by Gasteiger charge is -2.28. The summed E-state index contributed by atoms with van der Waals surface area (Å²) >= 11 is 0. The molecule has 1 amide bonds. The highest BCUT2D eigenvalue weighted by Gasteiger charge is 2.25. The number of oxazole rings is 1. The molecule has 0 bridgehead atoms. The summed E-state index contributed by atoms with van der Waals surface area (Å²) in [6.07, 6.45) is 1.28. The number of hydrogen-bond acceptors (Lipinski definition) is 5. The molecule has 0 unspecified atom stereocenters. The molecule has 0 saturated carbocycles. The second-order valence-corrected chi connectivity index (χ2v) is 5.35. The number of carbonyl (C=O) groups excluding carboxylic acids is 1. The molecule has 1 aromatic heterocycles. The van der Waals surface area contributed by atoms with Crippen LogP contribution >= 0.6 is 0 Å². The van der Waals surface area contributed by atoms with Gasteiger partial charge in [0.2, 0.25) is 0 Å². The van der Waals surface area contributed by atoms with Crippen molar-refractivity contribution in [3.8, 4) is 5.75 Å². The molecule has 0 aliphatic carbocycles. The maximum absolute atomic E-state index is 12.8. The molecule has 2 rings (SSSR count). The Labute approximate surface area is 136 Å². The molecule has 0 saturated heterocycles. The Morgan fingerprint density at radius 3 is 2.78 bits per heavy atom. The molecule has 0 aliphatic heterocycles. The van der Waals surface area contributed by atoms with E-state index in [0.717, 1.165) is 11.3 Å². The van der Waals surface area contributed by atoms with E-state index in [1.165, 1.54) is 6.39 Å². The molecule has 1 atom stereocenters. The lowest BCUT2D eigenvalue weighted by atomic mass is 10.1. The van der Waals surface area contributed by atoms with Crippen LogP contribution in [0.4, 0.5) is 0 Å². The third-order valence-electron chi connectivity index (χ3n) is 3.64. The minimum atomic E-state index is -0.177. The van der Waals surface area contributed by atoms with Crippen LogP contribution in [0.25, 0.3) is 0 Å². The first kappa shape index (κ1) is 17.0. The van der Waals surface area contributed by atoms with Crippen LogP contribution in [0.5, 0.6) is 5.75 Å². The van der Waals surface area contributed by atoms with Crippen LogP contribution in [0.15, 0.2) is 35.1 Å². The first-order valence-corrected chi connectivity index (χ1v) is 7.39. The van der Waals surface area contributed by atoms with Crippen LogP contribution in [0.2, 0.25) is 0 Å². The van der Waals surface area contributed by atoms with Crippen molar-refractivity contribution in [1.29, 1.82) is 0 Å². The van der Waals surface area contributed by atoms with Gasteiger partial charge in [0.05, 0.1) is 19.8 Å². The molecular weight excluding hydrogens is 296 g/mol. The Morgan fingerprint density at radius 1 is 1.39 bits per heavy atom. The van der Waals surface area contributed by atoms with Crippen molar-refractivity contribution in [3.05, 3.63) is 47.7 Å². The van der Waals surface area contributed by atoms with Gasteiger partial charge in [0.15, 0.2) is 12.1 Å². The fourth-order valence-electron chi connectivity index (χ4n) is 2.37. The summed E-state index contributed by atoms with van der Waals surface area (Å²) in [5.74, 6) is 1.09. The number of carbonyl (C=O) groups is 1. The molecule has 124 valence electrons. The van der Waals surface area contributed by atoms with Gasteiger partial charge in [-0.15, -0.1) is 0 Å². The summed E-state index contributed by atoms with van der Waals surface area (Å²) in [5, 5.41) is 0. The Balaban J connectivity index is 2.26. The van der Waals surface area contributed by atoms with E-state index in [4.69, 9.17) is 13.9 Å². The lowest BCUT2D eigenvalue weighted by molar-refractivity contribution is 0.0535. The van der Waals surface area contributed by atoms with Crippen molar-refractivity contribution >= 4 is 5.91 Å². The van der Waals surface area contributed by atoms with E-state index >= 15 is 0 Å². The lowest BCUT2D eigenvalue weighted by Crippen LogP contribution is -2.41. The number of aryl methyl sites for hydroxylation is 1. The van der Waals surface area contributed by atoms with Crippen LogP contribution in [-0.2, 0) is 11.3 Å². The van der Waals surface area contributed by atoms with Gasteiger partial charge in [0, 0.05) is 13.7 Å². The molecule has 1 heterocycles. The van der Waals surface area contributed by atoms with E-state index in [1.54, 1.807) is 26.0 Å². The minimum Gasteiger partial charge on any atom is -0.497 e. The molecule has 0 aliphatic rings. The maximum atomic E-state index is 12.8. The third kappa shape index (κ3) is 4.10. The molecule has 0 fully saturated rings.